The standard InChI is InChI=1S/C9H11N.C2H6/c1-3-4-9-5-6-10-7-8(9)2;1-2/h3-7H,1-2H3;1-2H3/b4-3-;. The van der Waals surface area contributed by atoms with Crippen molar-refractivity contribution in [1.29, 1.82) is 0 Å². The molecular formula is C11H17N. The van der Waals surface area contributed by atoms with Crippen molar-refractivity contribution in [3.63, 3.8) is 0 Å². The van der Waals surface area contributed by atoms with Crippen molar-refractivity contribution < 1.29 is 0 Å². The average molecular weight is 163 g/mol. The summed E-state index contributed by atoms with van der Waals surface area (Å²) in [6.45, 7) is 8.07. The minimum absolute atomic E-state index is 1.22. The molecule has 0 N–H and O–H groups in total. The van der Waals surface area contributed by atoms with Crippen molar-refractivity contribution in [2.75, 3.05) is 0 Å². The fraction of sp³-hybridized carbons (Fsp3) is 0.364. The summed E-state index contributed by atoms with van der Waals surface area (Å²) in [6.07, 6.45) is 7.79. The first kappa shape index (κ1) is 10.9. The second-order valence-corrected chi connectivity index (χ2v) is 2.23. The highest BCUT2D eigenvalue weighted by Crippen LogP contribution is 2.06. The smallest absolute Gasteiger partial charge is 0.0303 e. The summed E-state index contributed by atoms with van der Waals surface area (Å²) in [4.78, 5) is 3.99. The van der Waals surface area contributed by atoms with Crippen LogP contribution in [0.1, 0.15) is 31.9 Å². The predicted octanol–water partition coefficient (Wildman–Crippen LogP) is 3.45. The van der Waals surface area contributed by atoms with Crippen LogP contribution in [-0.4, -0.2) is 4.98 Å². The van der Waals surface area contributed by atoms with Crippen LogP contribution in [0.25, 0.3) is 6.08 Å². The Hall–Kier alpha value is -1.11. The zero-order chi connectivity index (χ0) is 9.40. The minimum Gasteiger partial charge on any atom is -0.264 e. The van der Waals surface area contributed by atoms with Crippen LogP contribution < -0.4 is 0 Å². The van der Waals surface area contributed by atoms with E-state index in [2.05, 4.69) is 18.0 Å². The van der Waals surface area contributed by atoms with Gasteiger partial charge in [-0.05, 0) is 31.0 Å². The molecule has 1 rings (SSSR count). The molecule has 0 bridgehead atoms. The van der Waals surface area contributed by atoms with E-state index in [-0.39, 0.29) is 0 Å². The van der Waals surface area contributed by atoms with Crippen LogP contribution in [0.2, 0.25) is 0 Å². The lowest BCUT2D eigenvalue weighted by molar-refractivity contribution is 1.26. The van der Waals surface area contributed by atoms with Crippen LogP contribution in [0.5, 0.6) is 0 Å². The third-order valence-corrected chi connectivity index (χ3v) is 1.41. The third-order valence-electron chi connectivity index (χ3n) is 1.41. The molecule has 0 amide bonds. The van der Waals surface area contributed by atoms with Gasteiger partial charge in [-0.15, -0.1) is 0 Å². The summed E-state index contributed by atoms with van der Waals surface area (Å²) in [5.74, 6) is 0. The van der Waals surface area contributed by atoms with Gasteiger partial charge >= 0.3 is 0 Å². The van der Waals surface area contributed by atoms with Gasteiger partial charge in [-0.2, -0.15) is 0 Å². The summed E-state index contributed by atoms with van der Waals surface area (Å²) in [6, 6.07) is 2.01. The van der Waals surface area contributed by atoms with Crippen LogP contribution in [-0.2, 0) is 0 Å². The first-order valence-corrected chi connectivity index (χ1v) is 4.38. The molecule has 66 valence electrons. The van der Waals surface area contributed by atoms with Crippen molar-refractivity contribution in [3.8, 4) is 0 Å². The van der Waals surface area contributed by atoms with Gasteiger partial charge in [0.15, 0.2) is 0 Å². The number of pyridine rings is 1. The molecule has 1 heterocycles. The molecule has 0 atom stereocenters. The number of allylic oxidation sites excluding steroid dienone is 1. The van der Waals surface area contributed by atoms with Gasteiger partial charge in [0.25, 0.3) is 0 Å². The Kier molecular flexibility index (Phi) is 5.98. The molecule has 0 aliphatic carbocycles. The maximum atomic E-state index is 3.99. The molecule has 0 saturated carbocycles. The fourth-order valence-electron chi connectivity index (χ4n) is 0.851. The van der Waals surface area contributed by atoms with E-state index < -0.39 is 0 Å². The number of aromatic nitrogens is 1. The zero-order valence-electron chi connectivity index (χ0n) is 8.33. The Morgan fingerprint density at radius 2 is 2.00 bits per heavy atom. The molecule has 0 unspecified atom stereocenters. The molecule has 0 spiro atoms. The highest BCUT2D eigenvalue weighted by molar-refractivity contribution is 5.51. The quantitative estimate of drug-likeness (QED) is 0.618. The molecule has 0 fully saturated rings. The van der Waals surface area contributed by atoms with E-state index >= 15 is 0 Å². The molecule has 0 aliphatic rings. The maximum Gasteiger partial charge on any atom is 0.0303 e. The van der Waals surface area contributed by atoms with Gasteiger partial charge in [0, 0.05) is 12.4 Å². The summed E-state index contributed by atoms with van der Waals surface area (Å²) in [5.41, 5.74) is 2.47. The fourth-order valence-corrected chi connectivity index (χ4v) is 0.851. The van der Waals surface area contributed by atoms with Crippen LogP contribution in [0.15, 0.2) is 24.5 Å². The Labute approximate surface area is 75.2 Å². The van der Waals surface area contributed by atoms with Crippen LogP contribution in [0, 0.1) is 6.92 Å². The molecule has 0 aliphatic heterocycles. The topological polar surface area (TPSA) is 12.9 Å². The van der Waals surface area contributed by atoms with E-state index in [1.54, 1.807) is 0 Å². The monoisotopic (exact) mass is 163 g/mol. The third kappa shape index (κ3) is 3.33. The van der Waals surface area contributed by atoms with E-state index in [0.717, 1.165) is 0 Å². The number of rotatable bonds is 1. The van der Waals surface area contributed by atoms with Crippen molar-refractivity contribution >= 4 is 6.08 Å². The van der Waals surface area contributed by atoms with E-state index in [9.17, 15) is 0 Å². The normalized spacial score (nSPS) is 9.33. The predicted molar refractivity (Wildman–Crippen MR) is 55.0 cm³/mol. The Morgan fingerprint density at radius 1 is 1.33 bits per heavy atom. The largest absolute Gasteiger partial charge is 0.264 e. The second-order valence-electron chi connectivity index (χ2n) is 2.23. The van der Waals surface area contributed by atoms with Gasteiger partial charge in [0.2, 0.25) is 0 Å². The molecule has 0 saturated heterocycles. The molecule has 1 aromatic rings. The number of nitrogens with zero attached hydrogens (tertiary/aromatic N) is 1. The molecule has 0 radical (unpaired) electrons. The molecule has 1 nitrogen and oxygen atoms in total. The van der Waals surface area contributed by atoms with Gasteiger partial charge in [0.05, 0.1) is 0 Å². The van der Waals surface area contributed by atoms with Gasteiger partial charge in [-0.1, -0.05) is 26.0 Å². The van der Waals surface area contributed by atoms with Gasteiger partial charge in [-0.3, -0.25) is 4.98 Å². The maximum absolute atomic E-state index is 3.99. The molecule has 12 heavy (non-hydrogen) atoms. The van der Waals surface area contributed by atoms with Gasteiger partial charge < -0.3 is 0 Å². The summed E-state index contributed by atoms with van der Waals surface area (Å²) >= 11 is 0. The highest BCUT2D eigenvalue weighted by atomic mass is 14.6. The summed E-state index contributed by atoms with van der Waals surface area (Å²) in [7, 11) is 0. The molecular weight excluding hydrogens is 146 g/mol. The lowest BCUT2D eigenvalue weighted by atomic mass is 10.1. The van der Waals surface area contributed by atoms with Gasteiger partial charge in [-0.25, -0.2) is 0 Å². The van der Waals surface area contributed by atoms with E-state index in [1.165, 1.54) is 11.1 Å². The zero-order valence-corrected chi connectivity index (χ0v) is 8.33. The number of hydrogen-bond acceptors (Lipinski definition) is 1. The Bertz CT molecular complexity index is 239. The minimum atomic E-state index is 1.22. The van der Waals surface area contributed by atoms with Crippen LogP contribution in [0.3, 0.4) is 0 Å². The van der Waals surface area contributed by atoms with E-state index in [0.29, 0.717) is 0 Å². The van der Waals surface area contributed by atoms with Gasteiger partial charge in [0.1, 0.15) is 0 Å². The molecule has 0 aromatic carbocycles. The highest BCUT2D eigenvalue weighted by Gasteiger charge is 1.88. The molecule has 1 aromatic heterocycles. The SMILES string of the molecule is C/C=C\c1ccncc1C.CC. The number of hydrogen-bond donors (Lipinski definition) is 0. The van der Waals surface area contributed by atoms with Crippen molar-refractivity contribution in [1.82, 2.24) is 4.98 Å². The first-order chi connectivity index (χ1) is 5.84. The Balaban J connectivity index is 0.000000561. The van der Waals surface area contributed by atoms with Crippen molar-refractivity contribution in [3.05, 3.63) is 35.7 Å². The average Bonchev–Trinajstić information content (AvgIpc) is 2.13. The van der Waals surface area contributed by atoms with Crippen LogP contribution >= 0.6 is 0 Å². The lowest BCUT2D eigenvalue weighted by Crippen LogP contribution is -1.80. The van der Waals surface area contributed by atoms with E-state index in [4.69, 9.17) is 0 Å². The van der Waals surface area contributed by atoms with Crippen molar-refractivity contribution in [2.45, 2.75) is 27.7 Å². The summed E-state index contributed by atoms with van der Waals surface area (Å²) < 4.78 is 0. The Morgan fingerprint density at radius 3 is 2.50 bits per heavy atom. The lowest BCUT2D eigenvalue weighted by Gasteiger charge is -1.95. The van der Waals surface area contributed by atoms with Crippen LogP contribution in [0.4, 0.5) is 0 Å². The second kappa shape index (κ2) is 6.59. The first-order valence-electron chi connectivity index (χ1n) is 4.38. The number of aryl methyl sites for hydroxylation is 1. The van der Waals surface area contributed by atoms with E-state index in [1.807, 2.05) is 45.3 Å². The summed E-state index contributed by atoms with van der Waals surface area (Å²) in [5, 5.41) is 0. The van der Waals surface area contributed by atoms with Crippen molar-refractivity contribution in [2.24, 2.45) is 0 Å². The molecule has 1 heteroatoms.